The van der Waals surface area contributed by atoms with E-state index < -0.39 is 23.5 Å². The van der Waals surface area contributed by atoms with E-state index in [0.29, 0.717) is 16.6 Å². The zero-order valence-corrected chi connectivity index (χ0v) is 20.0. The number of rotatable bonds is 5. The molecule has 0 unspecified atom stereocenters. The number of pyridine rings is 2. The van der Waals surface area contributed by atoms with Gasteiger partial charge in [0.2, 0.25) is 5.88 Å². The van der Waals surface area contributed by atoms with Crippen molar-refractivity contribution in [2.75, 3.05) is 17.7 Å². The van der Waals surface area contributed by atoms with Gasteiger partial charge in [-0.2, -0.15) is 0 Å². The minimum absolute atomic E-state index is 0.00634. The molecule has 2 aromatic heterocycles. The van der Waals surface area contributed by atoms with Crippen LogP contribution in [0.5, 0.6) is 5.88 Å². The number of benzene rings is 2. The van der Waals surface area contributed by atoms with E-state index in [9.17, 15) is 18.8 Å². The third kappa shape index (κ3) is 5.13. The molecule has 0 aliphatic heterocycles. The Morgan fingerprint density at radius 3 is 2.53 bits per heavy atom. The number of para-hydroxylation sites is 1. The predicted molar refractivity (Wildman–Crippen MR) is 136 cm³/mol. The van der Waals surface area contributed by atoms with Gasteiger partial charge >= 0.3 is 12.1 Å². The number of hydrogen-bond donors (Lipinski definition) is 3. The van der Waals surface area contributed by atoms with Crippen molar-refractivity contribution in [3.8, 4) is 17.0 Å². The largest absolute Gasteiger partial charge is 0.413 e. The zero-order valence-electron chi connectivity index (χ0n) is 19.3. The van der Waals surface area contributed by atoms with E-state index >= 15 is 0 Å². The molecule has 3 N–H and O–H groups in total. The molecule has 9 nitrogen and oxygen atoms in total. The average Bonchev–Trinajstić information content (AvgIpc) is 2.86. The highest BCUT2D eigenvalue weighted by molar-refractivity contribution is 6.33. The highest BCUT2D eigenvalue weighted by atomic mass is 35.5. The van der Waals surface area contributed by atoms with Crippen molar-refractivity contribution >= 4 is 46.0 Å². The molecule has 0 bridgehead atoms. The SMILES string of the molecule is CCn1c(=O)c(-c2cc(NC(=O)Nc3ccccc3)c(F)cc2Cl)cc2cnc(OC(=O)NC)cc21. The molecule has 0 saturated carbocycles. The van der Waals surface area contributed by atoms with Gasteiger partial charge in [-0.25, -0.2) is 19.0 Å². The summed E-state index contributed by atoms with van der Waals surface area (Å²) in [7, 11) is 1.42. The van der Waals surface area contributed by atoms with Crippen LogP contribution in [0.2, 0.25) is 5.02 Å². The average molecular weight is 510 g/mol. The number of hydrogen-bond acceptors (Lipinski definition) is 5. The van der Waals surface area contributed by atoms with Crippen LogP contribution in [0.15, 0.2) is 65.6 Å². The molecule has 0 atom stereocenters. The summed E-state index contributed by atoms with van der Waals surface area (Å²) in [6.45, 7) is 2.06. The molecule has 184 valence electrons. The lowest BCUT2D eigenvalue weighted by molar-refractivity contribution is 0.201. The van der Waals surface area contributed by atoms with Gasteiger partial charge in [0.1, 0.15) is 5.82 Å². The van der Waals surface area contributed by atoms with Crippen LogP contribution < -0.4 is 26.2 Å². The van der Waals surface area contributed by atoms with Gasteiger partial charge in [0.05, 0.1) is 16.2 Å². The van der Waals surface area contributed by atoms with E-state index in [-0.39, 0.29) is 34.3 Å². The number of fused-ring (bicyclic) bond motifs is 1. The van der Waals surface area contributed by atoms with E-state index in [1.807, 2.05) is 0 Å². The van der Waals surface area contributed by atoms with Gasteiger partial charge in [0.25, 0.3) is 5.56 Å². The van der Waals surface area contributed by atoms with Crippen LogP contribution >= 0.6 is 11.6 Å². The summed E-state index contributed by atoms with van der Waals surface area (Å²) in [6.07, 6.45) is 0.755. The van der Waals surface area contributed by atoms with Crippen LogP contribution in [-0.2, 0) is 6.54 Å². The second-order valence-electron chi connectivity index (χ2n) is 7.59. The smallest absolute Gasteiger partial charge is 0.391 e. The van der Waals surface area contributed by atoms with Crippen molar-refractivity contribution in [2.45, 2.75) is 13.5 Å². The van der Waals surface area contributed by atoms with Gasteiger partial charge in [0.15, 0.2) is 0 Å². The van der Waals surface area contributed by atoms with E-state index in [2.05, 4.69) is 20.9 Å². The van der Waals surface area contributed by atoms with Crippen LogP contribution in [-0.4, -0.2) is 28.7 Å². The topological polar surface area (TPSA) is 114 Å². The Labute approximate surface area is 209 Å². The number of aryl methyl sites for hydroxylation is 1. The number of carbonyl (C=O) groups excluding carboxylic acids is 2. The molecule has 3 amide bonds. The maximum Gasteiger partial charge on any atom is 0.413 e. The third-order valence-electron chi connectivity index (χ3n) is 5.30. The minimum Gasteiger partial charge on any atom is -0.391 e. The standard InChI is InChI=1S/C25H21ClFN5O4/c1-3-32-21-12-22(36-25(35)28-2)29-13-14(21)9-17(23(32)33)16-10-20(19(27)11-18(16)26)31-24(34)30-15-7-5-4-6-8-15/h4-13H,3H2,1-2H3,(H,28,35)(H2,30,31,34). The number of anilines is 2. The Morgan fingerprint density at radius 1 is 1.08 bits per heavy atom. The lowest BCUT2D eigenvalue weighted by atomic mass is 10.0. The van der Waals surface area contributed by atoms with Gasteiger partial charge in [-0.3, -0.25) is 4.79 Å². The highest BCUT2D eigenvalue weighted by Crippen LogP contribution is 2.33. The number of nitrogens with one attached hydrogen (secondary N) is 3. The van der Waals surface area contributed by atoms with Crippen molar-refractivity contribution in [3.63, 3.8) is 0 Å². The predicted octanol–water partition coefficient (Wildman–Crippen LogP) is 5.24. The molecule has 0 radical (unpaired) electrons. The number of urea groups is 1. The first kappa shape index (κ1) is 24.7. The van der Waals surface area contributed by atoms with E-state index in [0.717, 1.165) is 6.07 Å². The second kappa shape index (κ2) is 10.4. The van der Waals surface area contributed by atoms with Crippen molar-refractivity contribution in [1.29, 1.82) is 0 Å². The fraction of sp³-hybridized carbons (Fsp3) is 0.120. The third-order valence-corrected chi connectivity index (χ3v) is 5.61. The van der Waals surface area contributed by atoms with E-state index in [1.54, 1.807) is 43.3 Å². The number of amides is 3. The van der Waals surface area contributed by atoms with Gasteiger partial charge < -0.3 is 25.3 Å². The molecule has 4 aromatic rings. The summed E-state index contributed by atoms with van der Waals surface area (Å²) in [5, 5.41) is 7.94. The minimum atomic E-state index is -0.763. The number of carbonyl (C=O) groups is 2. The van der Waals surface area contributed by atoms with Crippen LogP contribution in [0, 0.1) is 5.82 Å². The number of halogens is 2. The van der Waals surface area contributed by atoms with E-state index in [4.69, 9.17) is 16.3 Å². The molecule has 0 aliphatic carbocycles. The lowest BCUT2D eigenvalue weighted by Crippen LogP contribution is -2.24. The maximum absolute atomic E-state index is 14.7. The molecule has 0 aliphatic rings. The van der Waals surface area contributed by atoms with Crippen molar-refractivity contribution in [1.82, 2.24) is 14.9 Å². The van der Waals surface area contributed by atoms with Gasteiger partial charge in [-0.05, 0) is 37.3 Å². The fourth-order valence-corrected chi connectivity index (χ4v) is 3.87. The Kier molecular flexibility index (Phi) is 7.16. The molecule has 36 heavy (non-hydrogen) atoms. The number of nitrogens with zero attached hydrogens (tertiary/aromatic N) is 2. The first-order chi connectivity index (χ1) is 17.3. The quantitative estimate of drug-likeness (QED) is 0.340. The Hall–Kier alpha value is -4.44. The molecule has 2 heterocycles. The molecule has 11 heteroatoms. The Balaban J connectivity index is 1.74. The van der Waals surface area contributed by atoms with Gasteiger partial charge in [-0.15, -0.1) is 0 Å². The molecule has 2 aromatic carbocycles. The summed E-state index contributed by atoms with van der Waals surface area (Å²) < 4.78 is 21.2. The number of ether oxygens (including phenoxy) is 1. The van der Waals surface area contributed by atoms with Gasteiger partial charge in [-0.1, -0.05) is 29.8 Å². The summed E-state index contributed by atoms with van der Waals surface area (Å²) in [5.74, 6) is -0.742. The van der Waals surface area contributed by atoms with Gasteiger partial charge in [0, 0.05) is 48.1 Å². The monoisotopic (exact) mass is 509 g/mol. The highest BCUT2D eigenvalue weighted by Gasteiger charge is 2.18. The summed E-state index contributed by atoms with van der Waals surface area (Å²) in [5.41, 5.74) is 0.861. The Morgan fingerprint density at radius 2 is 1.83 bits per heavy atom. The van der Waals surface area contributed by atoms with Crippen molar-refractivity contribution in [3.05, 3.63) is 82.0 Å². The van der Waals surface area contributed by atoms with Crippen molar-refractivity contribution < 1.29 is 18.7 Å². The first-order valence-electron chi connectivity index (χ1n) is 10.9. The molecule has 0 spiro atoms. The summed E-state index contributed by atoms with van der Waals surface area (Å²) in [4.78, 5) is 41.4. The molecular formula is C25H21ClFN5O4. The van der Waals surface area contributed by atoms with E-state index in [1.165, 1.54) is 29.9 Å². The van der Waals surface area contributed by atoms with Crippen LogP contribution in [0.1, 0.15) is 6.92 Å². The number of aromatic nitrogens is 2. The summed E-state index contributed by atoms with van der Waals surface area (Å²) >= 11 is 6.32. The molecule has 0 fully saturated rings. The lowest BCUT2D eigenvalue weighted by Gasteiger charge is -2.15. The first-order valence-corrected chi connectivity index (χ1v) is 11.2. The van der Waals surface area contributed by atoms with Crippen LogP contribution in [0.3, 0.4) is 0 Å². The molecule has 4 rings (SSSR count). The summed E-state index contributed by atoms with van der Waals surface area (Å²) in [6, 6.07) is 13.4. The van der Waals surface area contributed by atoms with Crippen molar-refractivity contribution in [2.24, 2.45) is 0 Å². The van der Waals surface area contributed by atoms with Crippen LogP contribution in [0.4, 0.5) is 25.4 Å². The fourth-order valence-electron chi connectivity index (χ4n) is 3.62. The second-order valence-corrected chi connectivity index (χ2v) is 7.99. The zero-order chi connectivity index (χ0) is 25.8. The molecular weight excluding hydrogens is 489 g/mol. The maximum atomic E-state index is 14.7. The normalized spacial score (nSPS) is 10.7. The Bertz CT molecular complexity index is 1520. The molecule has 0 saturated heterocycles. The van der Waals surface area contributed by atoms with Crippen LogP contribution in [0.25, 0.3) is 22.0 Å².